The lowest BCUT2D eigenvalue weighted by Gasteiger charge is -2.36. The van der Waals surface area contributed by atoms with Crippen molar-refractivity contribution in [1.82, 2.24) is 9.88 Å². The number of benzene rings is 2. The molecule has 0 radical (unpaired) electrons. The number of thiazole rings is 1. The zero-order valence-corrected chi connectivity index (χ0v) is 19.2. The molecule has 0 saturated carbocycles. The van der Waals surface area contributed by atoms with Crippen molar-refractivity contribution in [2.24, 2.45) is 0 Å². The third-order valence-electron chi connectivity index (χ3n) is 5.44. The number of amides is 1. The van der Waals surface area contributed by atoms with Crippen LogP contribution in [0.15, 0.2) is 53.9 Å². The van der Waals surface area contributed by atoms with E-state index in [-0.39, 0.29) is 23.9 Å². The number of nitro groups is 1. The van der Waals surface area contributed by atoms with Crippen molar-refractivity contribution in [3.8, 4) is 16.3 Å². The molecule has 0 N–H and O–H groups in total. The van der Waals surface area contributed by atoms with E-state index in [2.05, 4.69) is 9.88 Å². The van der Waals surface area contributed by atoms with E-state index in [0.717, 1.165) is 17.0 Å². The number of rotatable bonds is 7. The normalized spacial score (nSPS) is 13.4. The standard InChI is InChI=1S/C23H22N4O6S/c1-32-19-8-2-16(3-9-19)22-24-20(15-34-22)23(29)33-14-21(28)26-12-10-25(11-13-26)17-4-6-18(7-5-17)27(30)31/h2-9,15H,10-14H2,1H3. The molecule has 0 bridgehead atoms. The molecule has 10 nitrogen and oxygen atoms in total. The van der Waals surface area contributed by atoms with E-state index >= 15 is 0 Å². The number of nitrogens with zero attached hydrogens (tertiary/aromatic N) is 4. The first-order chi connectivity index (χ1) is 16.4. The Morgan fingerprint density at radius 3 is 2.35 bits per heavy atom. The van der Waals surface area contributed by atoms with Crippen LogP contribution in [-0.4, -0.2) is 66.6 Å². The SMILES string of the molecule is COc1ccc(-c2nc(C(=O)OCC(=O)N3CCN(c4ccc([N+](=O)[O-])cc4)CC3)cs2)cc1. The number of non-ortho nitro benzene ring substituents is 1. The molecular formula is C23H22N4O6S. The molecule has 34 heavy (non-hydrogen) atoms. The molecule has 11 heteroatoms. The summed E-state index contributed by atoms with van der Waals surface area (Å²) in [6.07, 6.45) is 0. The lowest BCUT2D eigenvalue weighted by Crippen LogP contribution is -2.49. The van der Waals surface area contributed by atoms with Gasteiger partial charge in [0.05, 0.1) is 12.0 Å². The van der Waals surface area contributed by atoms with Gasteiger partial charge in [0.1, 0.15) is 10.8 Å². The van der Waals surface area contributed by atoms with Crippen LogP contribution in [0.25, 0.3) is 10.6 Å². The molecule has 1 fully saturated rings. The molecule has 0 atom stereocenters. The molecule has 2 aromatic carbocycles. The van der Waals surface area contributed by atoms with E-state index in [1.165, 1.54) is 23.5 Å². The van der Waals surface area contributed by atoms with Crippen LogP contribution in [0, 0.1) is 10.1 Å². The highest BCUT2D eigenvalue weighted by Gasteiger charge is 2.23. The fourth-order valence-electron chi connectivity index (χ4n) is 3.53. The number of hydrogen-bond donors (Lipinski definition) is 0. The average molecular weight is 483 g/mol. The van der Waals surface area contributed by atoms with Gasteiger partial charge in [-0.2, -0.15) is 0 Å². The molecule has 1 saturated heterocycles. The quantitative estimate of drug-likeness (QED) is 0.286. The monoisotopic (exact) mass is 482 g/mol. The number of carbonyl (C=O) groups excluding carboxylic acids is 2. The molecule has 1 aliphatic rings. The van der Waals surface area contributed by atoms with Gasteiger partial charge in [-0.1, -0.05) is 0 Å². The lowest BCUT2D eigenvalue weighted by molar-refractivity contribution is -0.384. The van der Waals surface area contributed by atoms with E-state index in [1.807, 2.05) is 24.3 Å². The number of methoxy groups -OCH3 is 1. The Morgan fingerprint density at radius 1 is 1.06 bits per heavy atom. The average Bonchev–Trinajstić information content (AvgIpc) is 3.38. The highest BCUT2D eigenvalue weighted by molar-refractivity contribution is 7.13. The minimum absolute atomic E-state index is 0.0376. The van der Waals surface area contributed by atoms with Gasteiger partial charge in [0.15, 0.2) is 12.3 Å². The summed E-state index contributed by atoms with van der Waals surface area (Å²) in [5.41, 5.74) is 1.91. The van der Waals surface area contributed by atoms with Gasteiger partial charge >= 0.3 is 5.97 Å². The Balaban J connectivity index is 1.26. The summed E-state index contributed by atoms with van der Waals surface area (Å²) in [5, 5.41) is 13.1. The molecular weight excluding hydrogens is 460 g/mol. The van der Waals surface area contributed by atoms with E-state index in [1.54, 1.807) is 29.5 Å². The molecule has 2 heterocycles. The molecule has 1 aliphatic heterocycles. The fourth-order valence-corrected chi connectivity index (χ4v) is 4.32. The van der Waals surface area contributed by atoms with Gasteiger partial charge in [0.2, 0.25) is 0 Å². The Morgan fingerprint density at radius 2 is 1.74 bits per heavy atom. The largest absolute Gasteiger partial charge is 0.497 e. The number of aromatic nitrogens is 1. The smallest absolute Gasteiger partial charge is 0.358 e. The molecule has 4 rings (SSSR count). The summed E-state index contributed by atoms with van der Waals surface area (Å²) >= 11 is 1.32. The fraction of sp³-hybridized carbons (Fsp3) is 0.261. The Hall–Kier alpha value is -3.99. The first kappa shape index (κ1) is 23.2. The Kier molecular flexibility index (Phi) is 7.02. The summed E-state index contributed by atoms with van der Waals surface area (Å²) in [6.45, 7) is 1.73. The number of esters is 1. The van der Waals surface area contributed by atoms with Crippen molar-refractivity contribution in [2.75, 3.05) is 44.8 Å². The molecule has 1 aromatic heterocycles. The summed E-state index contributed by atoms with van der Waals surface area (Å²) in [7, 11) is 1.59. The first-order valence-electron chi connectivity index (χ1n) is 10.5. The highest BCUT2D eigenvalue weighted by Crippen LogP contribution is 2.26. The van der Waals surface area contributed by atoms with Crippen molar-refractivity contribution >= 4 is 34.6 Å². The van der Waals surface area contributed by atoms with Gasteiger partial charge < -0.3 is 19.3 Å². The lowest BCUT2D eigenvalue weighted by atomic mass is 10.2. The Bertz CT molecular complexity index is 1170. The third kappa shape index (κ3) is 5.31. The maximum Gasteiger partial charge on any atom is 0.358 e. The maximum atomic E-state index is 12.5. The zero-order valence-electron chi connectivity index (χ0n) is 18.4. The van der Waals surface area contributed by atoms with Crippen molar-refractivity contribution < 1.29 is 24.0 Å². The van der Waals surface area contributed by atoms with E-state index in [9.17, 15) is 19.7 Å². The molecule has 0 unspecified atom stereocenters. The van der Waals surface area contributed by atoms with E-state index in [0.29, 0.717) is 31.2 Å². The number of anilines is 1. The second kappa shape index (κ2) is 10.3. The van der Waals surface area contributed by atoms with Crippen LogP contribution in [0.5, 0.6) is 5.75 Å². The number of piperazine rings is 1. The van der Waals surface area contributed by atoms with Gasteiger partial charge in [0.25, 0.3) is 11.6 Å². The van der Waals surface area contributed by atoms with Gasteiger partial charge in [-0.25, -0.2) is 9.78 Å². The Labute approximate surface area is 199 Å². The van der Waals surface area contributed by atoms with Gasteiger partial charge in [-0.05, 0) is 36.4 Å². The zero-order chi connectivity index (χ0) is 24.1. The van der Waals surface area contributed by atoms with Crippen LogP contribution in [0.1, 0.15) is 10.5 Å². The number of nitro benzene ring substituents is 1. The van der Waals surface area contributed by atoms with Crippen molar-refractivity contribution in [2.45, 2.75) is 0 Å². The van der Waals surface area contributed by atoms with Crippen LogP contribution in [0.2, 0.25) is 0 Å². The van der Waals surface area contributed by atoms with Gasteiger partial charge in [-0.3, -0.25) is 14.9 Å². The van der Waals surface area contributed by atoms with Gasteiger partial charge in [0, 0.05) is 54.9 Å². The summed E-state index contributed by atoms with van der Waals surface area (Å²) in [4.78, 5) is 43.2. The van der Waals surface area contributed by atoms with Crippen molar-refractivity contribution in [3.05, 3.63) is 69.7 Å². The third-order valence-corrected chi connectivity index (χ3v) is 6.33. The first-order valence-corrected chi connectivity index (χ1v) is 11.4. The van der Waals surface area contributed by atoms with Crippen LogP contribution in [0.4, 0.5) is 11.4 Å². The minimum atomic E-state index is -0.645. The topological polar surface area (TPSA) is 115 Å². The highest BCUT2D eigenvalue weighted by atomic mass is 32.1. The van der Waals surface area contributed by atoms with Crippen LogP contribution >= 0.6 is 11.3 Å². The number of ether oxygens (including phenoxy) is 2. The molecule has 0 spiro atoms. The second-order valence-corrected chi connectivity index (χ2v) is 8.34. The predicted octanol–water partition coefficient (Wildman–Crippen LogP) is 3.23. The molecule has 176 valence electrons. The summed E-state index contributed by atoms with van der Waals surface area (Å²) < 4.78 is 10.3. The van der Waals surface area contributed by atoms with Crippen LogP contribution in [-0.2, 0) is 9.53 Å². The predicted molar refractivity (Wildman–Crippen MR) is 126 cm³/mol. The van der Waals surface area contributed by atoms with Gasteiger partial charge in [-0.15, -0.1) is 11.3 Å². The van der Waals surface area contributed by atoms with Crippen LogP contribution in [0.3, 0.4) is 0 Å². The van der Waals surface area contributed by atoms with Crippen LogP contribution < -0.4 is 9.64 Å². The van der Waals surface area contributed by atoms with E-state index < -0.39 is 10.9 Å². The summed E-state index contributed by atoms with van der Waals surface area (Å²) in [6, 6.07) is 13.7. The van der Waals surface area contributed by atoms with E-state index in [4.69, 9.17) is 9.47 Å². The second-order valence-electron chi connectivity index (χ2n) is 7.48. The molecule has 0 aliphatic carbocycles. The van der Waals surface area contributed by atoms with Crippen molar-refractivity contribution in [1.29, 1.82) is 0 Å². The molecule has 1 amide bonds. The van der Waals surface area contributed by atoms with Crippen molar-refractivity contribution in [3.63, 3.8) is 0 Å². The summed E-state index contributed by atoms with van der Waals surface area (Å²) in [5.74, 6) is -0.191. The molecule has 3 aromatic rings. The maximum absolute atomic E-state index is 12.5. The number of hydrogen-bond acceptors (Lipinski definition) is 9. The minimum Gasteiger partial charge on any atom is -0.497 e. The number of carbonyl (C=O) groups is 2.